The highest BCUT2D eigenvalue weighted by atomic mass is 32.2. The lowest BCUT2D eigenvalue weighted by atomic mass is 10.1. The Balaban J connectivity index is 1.64. The van der Waals surface area contributed by atoms with Gasteiger partial charge in [-0.3, -0.25) is 4.79 Å². The summed E-state index contributed by atoms with van der Waals surface area (Å²) in [5.41, 5.74) is 1.59. The zero-order chi connectivity index (χ0) is 17.4. The van der Waals surface area contributed by atoms with Crippen molar-refractivity contribution in [3.8, 4) is 11.3 Å². The second-order valence-corrected chi connectivity index (χ2v) is 6.61. The second-order valence-electron chi connectivity index (χ2n) is 5.52. The Labute approximate surface area is 147 Å². The molecule has 3 aromatic rings. The average molecular weight is 348 g/mol. The monoisotopic (exact) mass is 348 g/mol. The number of hydrogen-bond acceptors (Lipinski definition) is 4. The maximum absolute atomic E-state index is 12.4. The highest BCUT2D eigenvalue weighted by Gasteiger charge is 2.25. The van der Waals surface area contributed by atoms with Crippen molar-refractivity contribution in [2.75, 3.05) is 0 Å². The van der Waals surface area contributed by atoms with Crippen LogP contribution in [0.25, 0.3) is 17.4 Å². The molecule has 0 radical (unpaired) electrons. The minimum Gasteiger partial charge on any atom is -0.478 e. The number of rotatable bonds is 3. The van der Waals surface area contributed by atoms with Crippen molar-refractivity contribution in [3.63, 3.8) is 0 Å². The van der Waals surface area contributed by atoms with E-state index in [0.29, 0.717) is 27.6 Å². The number of benzene rings is 2. The van der Waals surface area contributed by atoms with Crippen molar-refractivity contribution >= 4 is 29.6 Å². The first-order valence-electron chi connectivity index (χ1n) is 7.59. The van der Waals surface area contributed by atoms with Gasteiger partial charge in [0.15, 0.2) is 0 Å². The fourth-order valence-corrected chi connectivity index (χ4v) is 3.69. The number of ketones is 1. The number of carbonyl (C=O) groups excluding carboxylic acids is 1. The first-order valence-corrected chi connectivity index (χ1v) is 8.40. The van der Waals surface area contributed by atoms with Crippen LogP contribution in [0.4, 0.5) is 0 Å². The van der Waals surface area contributed by atoms with E-state index in [1.54, 1.807) is 36.4 Å². The predicted molar refractivity (Wildman–Crippen MR) is 95.7 cm³/mol. The molecule has 4 nitrogen and oxygen atoms in total. The lowest BCUT2D eigenvalue weighted by molar-refractivity contribution is 0.0696. The molecular weight excluding hydrogens is 336 g/mol. The molecule has 4 rings (SSSR count). The summed E-state index contributed by atoms with van der Waals surface area (Å²) in [5.74, 6) is 0.121. The van der Waals surface area contributed by atoms with E-state index < -0.39 is 5.97 Å². The van der Waals surface area contributed by atoms with Gasteiger partial charge in [-0.2, -0.15) is 0 Å². The number of hydrogen-bond donors (Lipinski definition) is 1. The molecule has 0 saturated carbocycles. The van der Waals surface area contributed by atoms with E-state index in [9.17, 15) is 9.59 Å². The summed E-state index contributed by atoms with van der Waals surface area (Å²) in [5, 5.41) is 9.09. The van der Waals surface area contributed by atoms with Crippen molar-refractivity contribution in [1.82, 2.24) is 0 Å². The zero-order valence-electron chi connectivity index (χ0n) is 12.9. The molecule has 0 saturated heterocycles. The predicted octanol–water partition coefficient (Wildman–Crippen LogP) is 4.97. The van der Waals surface area contributed by atoms with Crippen LogP contribution in [0.2, 0.25) is 0 Å². The molecule has 0 fully saturated rings. The number of furan rings is 1. The molecular formula is C20H12O4S. The van der Waals surface area contributed by atoms with Crippen LogP contribution in [0.1, 0.15) is 26.5 Å². The van der Waals surface area contributed by atoms with E-state index in [1.807, 2.05) is 24.3 Å². The van der Waals surface area contributed by atoms with Crippen LogP contribution in [0.15, 0.2) is 74.9 Å². The summed E-state index contributed by atoms with van der Waals surface area (Å²) in [6, 6.07) is 17.6. The highest BCUT2D eigenvalue weighted by molar-refractivity contribution is 8.04. The van der Waals surface area contributed by atoms with Gasteiger partial charge >= 0.3 is 5.97 Å². The highest BCUT2D eigenvalue weighted by Crippen LogP contribution is 2.40. The smallest absolute Gasteiger partial charge is 0.335 e. The third kappa shape index (κ3) is 2.90. The van der Waals surface area contributed by atoms with Crippen molar-refractivity contribution in [1.29, 1.82) is 0 Å². The van der Waals surface area contributed by atoms with Crippen LogP contribution in [0, 0.1) is 0 Å². The minimum absolute atomic E-state index is 0.00794. The third-order valence-corrected chi connectivity index (χ3v) is 4.97. The Morgan fingerprint density at radius 3 is 2.68 bits per heavy atom. The number of thioether (sulfide) groups is 1. The van der Waals surface area contributed by atoms with Crippen LogP contribution >= 0.6 is 11.8 Å². The van der Waals surface area contributed by atoms with Gasteiger partial charge in [0.25, 0.3) is 0 Å². The van der Waals surface area contributed by atoms with Gasteiger partial charge in [0.05, 0.1) is 10.5 Å². The van der Waals surface area contributed by atoms with Crippen molar-refractivity contribution < 1.29 is 19.1 Å². The van der Waals surface area contributed by atoms with E-state index >= 15 is 0 Å². The third-order valence-electron chi connectivity index (χ3n) is 3.87. The molecule has 0 bridgehead atoms. The second kappa shape index (κ2) is 6.11. The van der Waals surface area contributed by atoms with Crippen molar-refractivity contribution in [2.45, 2.75) is 4.90 Å². The number of allylic oxidation sites excluding steroid dienone is 1. The number of carboxylic acid groups (broad SMARTS) is 1. The number of Topliss-reactive ketones (excluding diaryl/α,β-unsaturated/α-hetero) is 1. The number of carbonyl (C=O) groups is 2. The van der Waals surface area contributed by atoms with Crippen LogP contribution in [0.5, 0.6) is 0 Å². The van der Waals surface area contributed by atoms with E-state index in [-0.39, 0.29) is 11.3 Å². The summed E-state index contributed by atoms with van der Waals surface area (Å²) < 4.78 is 5.78. The molecule has 1 aromatic heterocycles. The topological polar surface area (TPSA) is 67.5 Å². The Bertz CT molecular complexity index is 1030. The Morgan fingerprint density at radius 1 is 1.04 bits per heavy atom. The van der Waals surface area contributed by atoms with Gasteiger partial charge in [-0.25, -0.2) is 4.79 Å². The van der Waals surface area contributed by atoms with E-state index in [2.05, 4.69) is 0 Å². The number of aromatic carboxylic acids is 1. The largest absolute Gasteiger partial charge is 0.478 e. The molecule has 0 amide bonds. The van der Waals surface area contributed by atoms with Gasteiger partial charge in [0.2, 0.25) is 5.78 Å². The maximum atomic E-state index is 12.4. The molecule has 25 heavy (non-hydrogen) atoms. The Kier molecular flexibility index (Phi) is 3.78. The van der Waals surface area contributed by atoms with Crippen molar-refractivity contribution in [3.05, 3.63) is 82.5 Å². The van der Waals surface area contributed by atoms with Gasteiger partial charge in [-0.15, -0.1) is 0 Å². The molecule has 0 aliphatic carbocycles. The number of carboxylic acids is 1. The maximum Gasteiger partial charge on any atom is 0.335 e. The molecule has 1 aliphatic rings. The Morgan fingerprint density at radius 2 is 1.88 bits per heavy atom. The minimum atomic E-state index is -0.985. The molecule has 0 atom stereocenters. The quantitative estimate of drug-likeness (QED) is 0.677. The van der Waals surface area contributed by atoms with Crippen LogP contribution < -0.4 is 0 Å². The van der Waals surface area contributed by atoms with Gasteiger partial charge in [0.1, 0.15) is 11.5 Å². The van der Waals surface area contributed by atoms with Crippen LogP contribution in [0.3, 0.4) is 0 Å². The Hall–Kier alpha value is -3.05. The fourth-order valence-electron chi connectivity index (χ4n) is 2.66. The summed E-state index contributed by atoms with van der Waals surface area (Å²) in [6.45, 7) is 0. The first kappa shape index (κ1) is 15.5. The molecule has 1 N–H and O–H groups in total. The lowest BCUT2D eigenvalue weighted by Crippen LogP contribution is -1.95. The first-order chi connectivity index (χ1) is 12.1. The normalized spacial score (nSPS) is 14.7. The van der Waals surface area contributed by atoms with Gasteiger partial charge < -0.3 is 9.52 Å². The summed E-state index contributed by atoms with van der Waals surface area (Å²) >= 11 is 1.42. The van der Waals surface area contributed by atoms with Crippen LogP contribution in [-0.4, -0.2) is 16.9 Å². The summed E-state index contributed by atoms with van der Waals surface area (Å²) in [4.78, 5) is 25.0. The molecule has 0 unspecified atom stereocenters. The lowest BCUT2D eigenvalue weighted by Gasteiger charge is -1.99. The zero-order valence-corrected chi connectivity index (χ0v) is 13.7. The van der Waals surface area contributed by atoms with Crippen LogP contribution in [-0.2, 0) is 0 Å². The SMILES string of the molecule is O=C(O)c1cccc(-c2ccc(C=C3Sc4ccccc4C3=O)o2)c1. The summed E-state index contributed by atoms with van der Waals surface area (Å²) in [7, 11) is 0. The molecule has 122 valence electrons. The molecule has 2 heterocycles. The fraction of sp³-hybridized carbons (Fsp3) is 0. The van der Waals surface area contributed by atoms with E-state index in [0.717, 1.165) is 4.90 Å². The molecule has 5 heteroatoms. The van der Waals surface area contributed by atoms with Gasteiger partial charge in [-0.05, 0) is 42.5 Å². The van der Waals surface area contributed by atoms with Gasteiger partial charge in [-0.1, -0.05) is 36.0 Å². The molecule has 1 aliphatic heterocycles. The standard InChI is InChI=1S/C20H12O4S/c21-19-15-6-1-2-7-17(15)25-18(19)11-14-8-9-16(24-14)12-4-3-5-13(10-12)20(22)23/h1-11H,(H,22,23). The average Bonchev–Trinajstić information content (AvgIpc) is 3.21. The van der Waals surface area contributed by atoms with E-state index in [4.69, 9.17) is 9.52 Å². The summed E-state index contributed by atoms with van der Waals surface area (Å²) in [6.07, 6.45) is 1.72. The van der Waals surface area contributed by atoms with E-state index in [1.165, 1.54) is 17.8 Å². The van der Waals surface area contributed by atoms with Gasteiger partial charge in [0, 0.05) is 16.0 Å². The molecule has 0 spiro atoms. The number of fused-ring (bicyclic) bond motifs is 1. The van der Waals surface area contributed by atoms with Crippen molar-refractivity contribution in [2.24, 2.45) is 0 Å². The molecule has 2 aromatic carbocycles.